The zero-order chi connectivity index (χ0) is 23.9. The standard InChI is InChI=1S/C24H21N5O3S2/c1-15-8-10-16(11-9-15)34(31,32)21-20-23(28-18-6-3-2-5-17(18)27-20)29(22(21)25)13-12-26-24(30)19-7-4-14-33-19/h2-11,14H,12-13,25H2,1H3,(H,26,30). The Morgan fingerprint density at radius 2 is 1.74 bits per heavy atom. The number of aryl methyl sites for hydroxylation is 1. The fraction of sp³-hybridized carbons (Fsp3) is 0.125. The van der Waals surface area contributed by atoms with Crippen LogP contribution in [0.4, 0.5) is 5.82 Å². The molecule has 8 nitrogen and oxygen atoms in total. The van der Waals surface area contributed by atoms with E-state index in [1.54, 1.807) is 47.0 Å². The van der Waals surface area contributed by atoms with E-state index in [4.69, 9.17) is 5.73 Å². The van der Waals surface area contributed by atoms with Crippen LogP contribution in [0.25, 0.3) is 22.2 Å². The van der Waals surface area contributed by atoms with Crippen LogP contribution in [0.2, 0.25) is 0 Å². The monoisotopic (exact) mass is 491 g/mol. The molecule has 3 aromatic heterocycles. The molecule has 0 aliphatic heterocycles. The Labute approximate surface area is 200 Å². The molecule has 0 saturated carbocycles. The highest BCUT2D eigenvalue weighted by molar-refractivity contribution is 7.92. The number of carbonyl (C=O) groups excluding carboxylic acids is 1. The Bertz CT molecular complexity index is 1620. The summed E-state index contributed by atoms with van der Waals surface area (Å²) in [6, 6.07) is 17.4. The Kier molecular flexibility index (Phi) is 5.54. The topological polar surface area (TPSA) is 120 Å². The van der Waals surface area contributed by atoms with Crippen molar-refractivity contribution in [3.8, 4) is 0 Å². The number of carbonyl (C=O) groups is 1. The maximum atomic E-state index is 13.6. The smallest absolute Gasteiger partial charge is 0.261 e. The molecule has 0 saturated heterocycles. The van der Waals surface area contributed by atoms with Crippen molar-refractivity contribution in [3.05, 3.63) is 76.5 Å². The molecule has 1 amide bonds. The summed E-state index contributed by atoms with van der Waals surface area (Å²) in [5.41, 5.74) is 9.14. The minimum Gasteiger partial charge on any atom is -0.384 e. The third-order valence-corrected chi connectivity index (χ3v) is 8.21. The highest BCUT2D eigenvalue weighted by Gasteiger charge is 2.30. The predicted molar refractivity (Wildman–Crippen MR) is 133 cm³/mol. The van der Waals surface area contributed by atoms with Crippen LogP contribution in [0.15, 0.2) is 75.8 Å². The van der Waals surface area contributed by atoms with Crippen molar-refractivity contribution in [1.82, 2.24) is 19.9 Å². The van der Waals surface area contributed by atoms with Crippen LogP contribution < -0.4 is 11.1 Å². The fourth-order valence-corrected chi connectivity index (χ4v) is 5.94. The average molecular weight is 492 g/mol. The lowest BCUT2D eigenvalue weighted by Gasteiger charge is -2.09. The van der Waals surface area contributed by atoms with Crippen LogP contribution in [0, 0.1) is 6.92 Å². The lowest BCUT2D eigenvalue weighted by Crippen LogP contribution is -2.27. The highest BCUT2D eigenvalue weighted by atomic mass is 32.2. The fourth-order valence-electron chi connectivity index (χ4n) is 3.79. The van der Waals surface area contributed by atoms with Gasteiger partial charge >= 0.3 is 0 Å². The quantitative estimate of drug-likeness (QED) is 0.373. The number of aromatic nitrogens is 3. The second-order valence-electron chi connectivity index (χ2n) is 7.80. The van der Waals surface area contributed by atoms with Gasteiger partial charge in [-0.15, -0.1) is 11.3 Å². The molecule has 5 rings (SSSR count). The molecule has 0 aliphatic rings. The third kappa shape index (κ3) is 3.80. The number of benzene rings is 2. The molecule has 0 fully saturated rings. The van der Waals surface area contributed by atoms with Crippen molar-refractivity contribution in [2.45, 2.75) is 23.3 Å². The predicted octanol–water partition coefficient (Wildman–Crippen LogP) is 3.80. The molecule has 0 unspecified atom stereocenters. The van der Waals surface area contributed by atoms with E-state index in [0.717, 1.165) is 5.56 Å². The first-order valence-electron chi connectivity index (χ1n) is 10.5. The summed E-state index contributed by atoms with van der Waals surface area (Å²) in [5.74, 6) is -0.162. The maximum absolute atomic E-state index is 13.6. The van der Waals surface area contributed by atoms with Crippen LogP contribution in [0.1, 0.15) is 15.2 Å². The number of hydrogen-bond donors (Lipinski definition) is 2. The van der Waals surface area contributed by atoms with Gasteiger partial charge in [-0.25, -0.2) is 18.4 Å². The second-order valence-corrected chi connectivity index (χ2v) is 10.6. The molecular formula is C24H21N5O3S2. The normalized spacial score (nSPS) is 11.8. The van der Waals surface area contributed by atoms with Crippen LogP contribution in [-0.4, -0.2) is 35.4 Å². The molecule has 3 N–H and O–H groups in total. The van der Waals surface area contributed by atoms with Crippen molar-refractivity contribution in [1.29, 1.82) is 0 Å². The number of nitrogens with two attached hydrogens (primary N) is 1. The summed E-state index contributed by atoms with van der Waals surface area (Å²) >= 11 is 1.35. The number of nitrogens with zero attached hydrogens (tertiary/aromatic N) is 3. The number of sulfone groups is 1. The van der Waals surface area contributed by atoms with Crippen molar-refractivity contribution in [2.75, 3.05) is 12.3 Å². The Balaban J connectivity index is 1.62. The summed E-state index contributed by atoms with van der Waals surface area (Å²) in [4.78, 5) is 22.3. The number of thiophene rings is 1. The number of anilines is 1. The van der Waals surface area contributed by atoms with Gasteiger partial charge in [0.2, 0.25) is 9.84 Å². The van der Waals surface area contributed by atoms with E-state index in [9.17, 15) is 13.2 Å². The van der Waals surface area contributed by atoms with Gasteiger partial charge in [-0.2, -0.15) is 0 Å². The SMILES string of the molecule is Cc1ccc(S(=O)(=O)c2c(N)n(CCNC(=O)c3cccs3)c3nc4ccccc4nc23)cc1. The lowest BCUT2D eigenvalue weighted by atomic mass is 10.2. The number of para-hydroxylation sites is 2. The number of fused-ring (bicyclic) bond motifs is 2. The zero-order valence-electron chi connectivity index (χ0n) is 18.2. The largest absolute Gasteiger partial charge is 0.384 e. The minimum absolute atomic E-state index is 0.0382. The Morgan fingerprint density at radius 1 is 1.03 bits per heavy atom. The van der Waals surface area contributed by atoms with E-state index in [1.807, 2.05) is 30.5 Å². The van der Waals surface area contributed by atoms with E-state index in [0.29, 0.717) is 21.6 Å². The molecule has 3 heterocycles. The summed E-state index contributed by atoms with van der Waals surface area (Å²) in [6.07, 6.45) is 0. The zero-order valence-corrected chi connectivity index (χ0v) is 19.9. The second kappa shape index (κ2) is 8.54. The Hall–Kier alpha value is -3.76. The van der Waals surface area contributed by atoms with E-state index >= 15 is 0 Å². The summed E-state index contributed by atoms with van der Waals surface area (Å²) in [5, 5.41) is 4.67. The van der Waals surface area contributed by atoms with E-state index in [-0.39, 0.29) is 40.1 Å². The number of nitrogens with one attached hydrogen (secondary N) is 1. The van der Waals surface area contributed by atoms with Gasteiger partial charge in [-0.05, 0) is 42.6 Å². The van der Waals surface area contributed by atoms with E-state index < -0.39 is 9.84 Å². The lowest BCUT2D eigenvalue weighted by molar-refractivity contribution is 0.0956. The number of hydrogen-bond acceptors (Lipinski definition) is 7. The summed E-state index contributed by atoms with van der Waals surface area (Å²) in [6.45, 7) is 2.36. The maximum Gasteiger partial charge on any atom is 0.261 e. The van der Waals surface area contributed by atoms with Gasteiger partial charge in [0, 0.05) is 13.1 Å². The van der Waals surface area contributed by atoms with Gasteiger partial charge in [0.1, 0.15) is 16.2 Å². The van der Waals surface area contributed by atoms with E-state index in [2.05, 4.69) is 15.3 Å². The molecule has 0 radical (unpaired) electrons. The highest BCUT2D eigenvalue weighted by Crippen LogP contribution is 2.35. The van der Waals surface area contributed by atoms with Crippen molar-refractivity contribution >= 4 is 55.1 Å². The van der Waals surface area contributed by atoms with Crippen molar-refractivity contribution in [2.24, 2.45) is 0 Å². The molecule has 172 valence electrons. The first-order valence-corrected chi connectivity index (χ1v) is 12.9. The molecule has 0 atom stereocenters. The average Bonchev–Trinajstić information content (AvgIpc) is 3.45. The molecule has 0 spiro atoms. The summed E-state index contributed by atoms with van der Waals surface area (Å²) < 4.78 is 28.9. The van der Waals surface area contributed by atoms with Crippen molar-refractivity contribution in [3.63, 3.8) is 0 Å². The Morgan fingerprint density at radius 3 is 2.41 bits per heavy atom. The van der Waals surface area contributed by atoms with Crippen LogP contribution in [-0.2, 0) is 16.4 Å². The molecule has 34 heavy (non-hydrogen) atoms. The molecule has 5 aromatic rings. The molecule has 10 heteroatoms. The summed E-state index contributed by atoms with van der Waals surface area (Å²) in [7, 11) is -3.97. The van der Waals surface area contributed by atoms with Gasteiger partial charge in [0.25, 0.3) is 5.91 Å². The molecular weight excluding hydrogens is 470 g/mol. The molecule has 2 aromatic carbocycles. The van der Waals surface area contributed by atoms with Crippen molar-refractivity contribution < 1.29 is 13.2 Å². The van der Waals surface area contributed by atoms with Gasteiger partial charge in [-0.3, -0.25) is 4.79 Å². The van der Waals surface area contributed by atoms with E-state index in [1.165, 1.54) is 11.3 Å². The molecule has 0 aliphatic carbocycles. The number of nitrogen functional groups attached to an aromatic ring is 1. The van der Waals surface area contributed by atoms with Gasteiger partial charge in [0.05, 0.1) is 20.8 Å². The first kappa shape index (κ1) is 22.1. The molecule has 0 bridgehead atoms. The first-order chi connectivity index (χ1) is 16.4. The van der Waals surface area contributed by atoms with Gasteiger partial charge in [-0.1, -0.05) is 35.9 Å². The minimum atomic E-state index is -3.97. The van der Waals surface area contributed by atoms with Gasteiger partial charge in [0.15, 0.2) is 5.65 Å². The van der Waals surface area contributed by atoms with Crippen LogP contribution in [0.3, 0.4) is 0 Å². The number of amides is 1. The number of rotatable bonds is 6. The van der Waals surface area contributed by atoms with Crippen LogP contribution in [0.5, 0.6) is 0 Å². The van der Waals surface area contributed by atoms with Crippen LogP contribution >= 0.6 is 11.3 Å². The van der Waals surface area contributed by atoms with Gasteiger partial charge < -0.3 is 15.6 Å². The third-order valence-electron chi connectivity index (χ3n) is 5.51.